The summed E-state index contributed by atoms with van der Waals surface area (Å²) in [6.07, 6.45) is 4.67. The fourth-order valence-electron chi connectivity index (χ4n) is 6.92. The van der Waals surface area contributed by atoms with Gasteiger partial charge in [-0.1, -0.05) is 6.92 Å². The van der Waals surface area contributed by atoms with Gasteiger partial charge in [0.25, 0.3) is 0 Å². The van der Waals surface area contributed by atoms with E-state index in [0.29, 0.717) is 42.8 Å². The maximum atomic E-state index is 16.3. The second kappa shape index (κ2) is 12.4. The summed E-state index contributed by atoms with van der Waals surface area (Å²) in [5.74, 6) is -0.139. The number of hydrogen-bond donors (Lipinski definition) is 0. The first-order valence-electron chi connectivity index (χ1n) is 15.8. The molecule has 2 saturated heterocycles. The molecular weight excluding hydrogens is 669 g/mol. The van der Waals surface area contributed by atoms with Gasteiger partial charge in [-0.25, -0.2) is 28.6 Å². The third-order valence-electron chi connectivity index (χ3n) is 8.96. The van der Waals surface area contributed by atoms with Gasteiger partial charge in [-0.05, 0) is 79.6 Å². The molecule has 3 amide bonds. The van der Waals surface area contributed by atoms with Gasteiger partial charge in [0.2, 0.25) is 0 Å². The fourth-order valence-corrected chi connectivity index (χ4v) is 7.42. The molecule has 0 bridgehead atoms. The van der Waals surface area contributed by atoms with Crippen LogP contribution >= 0.6 is 15.9 Å². The summed E-state index contributed by atoms with van der Waals surface area (Å²) in [4.78, 5) is 40.9. The van der Waals surface area contributed by atoms with Crippen molar-refractivity contribution in [2.45, 2.75) is 71.1 Å². The van der Waals surface area contributed by atoms with Crippen LogP contribution in [0.15, 0.2) is 29.3 Å². The summed E-state index contributed by atoms with van der Waals surface area (Å²) in [5.41, 5.74) is 1.76. The first-order chi connectivity index (χ1) is 22.3. The Morgan fingerprint density at radius 3 is 2.64 bits per heavy atom. The van der Waals surface area contributed by atoms with Crippen molar-refractivity contribution in [3.05, 3.63) is 46.3 Å². The van der Waals surface area contributed by atoms with Crippen LogP contribution in [-0.2, 0) is 11.2 Å². The van der Waals surface area contributed by atoms with Gasteiger partial charge in [0.15, 0.2) is 11.6 Å². The van der Waals surface area contributed by atoms with Crippen LogP contribution in [0.2, 0.25) is 0 Å². The Kier molecular flexibility index (Phi) is 8.63. The summed E-state index contributed by atoms with van der Waals surface area (Å²) in [6, 6.07) is 5.53. The van der Waals surface area contributed by atoms with Crippen LogP contribution in [0.3, 0.4) is 0 Å². The van der Waals surface area contributed by atoms with E-state index in [1.54, 1.807) is 23.9 Å². The van der Waals surface area contributed by atoms with Crippen LogP contribution in [0, 0.1) is 23.1 Å². The van der Waals surface area contributed by atoms with Crippen LogP contribution in [-0.4, -0.2) is 90.5 Å². The number of urea groups is 1. The van der Waals surface area contributed by atoms with Crippen molar-refractivity contribution in [2.24, 2.45) is 5.92 Å². The Morgan fingerprint density at radius 1 is 1.21 bits per heavy atom. The Morgan fingerprint density at radius 2 is 1.98 bits per heavy atom. The lowest BCUT2D eigenvalue weighted by Crippen LogP contribution is -2.39. The van der Waals surface area contributed by atoms with E-state index in [1.165, 1.54) is 17.3 Å². The number of fused-ring (bicyclic) bond motifs is 3. The van der Waals surface area contributed by atoms with Gasteiger partial charge >= 0.3 is 12.1 Å². The highest BCUT2D eigenvalue weighted by atomic mass is 79.9. The number of benzene rings is 1. The highest BCUT2D eigenvalue weighted by Crippen LogP contribution is 2.45. The topological polar surface area (TPSA) is 125 Å². The number of pyridine rings is 1. The average Bonchev–Trinajstić information content (AvgIpc) is 3.82. The number of nitrogens with zero attached hydrogens (tertiary/aromatic N) is 9. The second-order valence-corrected chi connectivity index (χ2v) is 14.4. The third kappa shape index (κ3) is 5.90. The monoisotopic (exact) mass is 707 g/mol. The van der Waals surface area contributed by atoms with Gasteiger partial charge in [0.05, 0.1) is 28.1 Å². The molecule has 14 heteroatoms. The van der Waals surface area contributed by atoms with Crippen molar-refractivity contribution < 1.29 is 18.7 Å². The zero-order chi connectivity index (χ0) is 33.8. The minimum absolute atomic E-state index is 0.00679. The number of halogens is 2. The van der Waals surface area contributed by atoms with E-state index in [9.17, 15) is 14.9 Å². The first-order valence-corrected chi connectivity index (χ1v) is 16.6. The zero-order valence-electron chi connectivity index (χ0n) is 27.5. The molecule has 2 fully saturated rings. The summed E-state index contributed by atoms with van der Waals surface area (Å²) in [7, 11) is 3.49. The molecular formula is C33H39BrFN9O3. The lowest BCUT2D eigenvalue weighted by atomic mass is 10.0. The number of carbonyl (C=O) groups excluding carboxylic acids is 2. The number of rotatable bonds is 5. The average molecular weight is 709 g/mol. The van der Waals surface area contributed by atoms with Crippen molar-refractivity contribution in [1.82, 2.24) is 39.0 Å². The zero-order valence-corrected chi connectivity index (χ0v) is 29.1. The molecule has 5 heterocycles. The molecule has 2 aliphatic rings. The van der Waals surface area contributed by atoms with Gasteiger partial charge in [-0.2, -0.15) is 10.4 Å². The SMILES string of the molecule is C[C@@H]1CN(C(=O)OC(C)(C)C)C[C@H]1n1c([C@H]2CCCN2C(=O)N(C)C)cc2c(-n3cncn3)nc3c(F)c(Br)c(CCC#N)cc3c21. The largest absolute Gasteiger partial charge is 0.444 e. The molecule has 12 nitrogen and oxygen atoms in total. The van der Waals surface area contributed by atoms with E-state index in [0.717, 1.165) is 29.4 Å². The lowest BCUT2D eigenvalue weighted by Gasteiger charge is -2.31. The normalized spacial score (nSPS) is 19.9. The van der Waals surface area contributed by atoms with Crippen LogP contribution in [0.25, 0.3) is 27.6 Å². The van der Waals surface area contributed by atoms with Crippen LogP contribution < -0.4 is 0 Å². The van der Waals surface area contributed by atoms with Crippen molar-refractivity contribution in [3.8, 4) is 11.9 Å². The molecule has 0 aliphatic carbocycles. The summed E-state index contributed by atoms with van der Waals surface area (Å²) in [6.45, 7) is 9.06. The number of ether oxygens (including phenoxy) is 1. The predicted octanol–water partition coefficient (Wildman–Crippen LogP) is 6.37. The van der Waals surface area contributed by atoms with E-state index >= 15 is 4.39 Å². The quantitative estimate of drug-likeness (QED) is 0.236. The molecule has 1 aromatic carbocycles. The van der Waals surface area contributed by atoms with Crippen molar-refractivity contribution in [1.29, 1.82) is 5.26 Å². The Labute approximate surface area is 281 Å². The third-order valence-corrected chi connectivity index (χ3v) is 9.81. The number of aryl methyl sites for hydroxylation is 1. The molecule has 0 unspecified atom stereocenters. The molecule has 0 radical (unpaired) electrons. The first kappa shape index (κ1) is 32.7. The molecule has 4 aromatic rings. The number of amides is 3. The molecule has 0 spiro atoms. The van der Waals surface area contributed by atoms with Gasteiger partial charge in [-0.15, -0.1) is 0 Å². The maximum Gasteiger partial charge on any atom is 0.410 e. The van der Waals surface area contributed by atoms with Crippen LogP contribution in [0.5, 0.6) is 0 Å². The Balaban J connectivity index is 1.66. The van der Waals surface area contributed by atoms with E-state index in [2.05, 4.69) is 43.6 Å². The van der Waals surface area contributed by atoms with E-state index in [4.69, 9.17) is 9.72 Å². The molecule has 6 rings (SSSR count). The summed E-state index contributed by atoms with van der Waals surface area (Å²) in [5, 5.41) is 15.0. The van der Waals surface area contributed by atoms with Crippen molar-refractivity contribution >= 4 is 49.9 Å². The van der Waals surface area contributed by atoms with Gasteiger partial charge in [0.1, 0.15) is 23.8 Å². The van der Waals surface area contributed by atoms with Crippen LogP contribution in [0.1, 0.15) is 70.3 Å². The van der Waals surface area contributed by atoms with Crippen molar-refractivity contribution in [3.63, 3.8) is 0 Å². The van der Waals surface area contributed by atoms with Gasteiger partial charge in [-0.3, -0.25) is 0 Å². The number of nitriles is 1. The fraction of sp³-hybridized carbons (Fsp3) is 0.515. The number of aromatic nitrogens is 5. The van der Waals surface area contributed by atoms with E-state index in [1.807, 2.05) is 37.8 Å². The summed E-state index contributed by atoms with van der Waals surface area (Å²) < 4.78 is 26.1. The van der Waals surface area contributed by atoms with Gasteiger partial charge in [0, 0.05) is 56.6 Å². The highest BCUT2D eigenvalue weighted by molar-refractivity contribution is 9.10. The van der Waals surface area contributed by atoms with E-state index < -0.39 is 17.5 Å². The number of carbonyl (C=O) groups is 2. The number of hydrogen-bond acceptors (Lipinski definition) is 7. The Hall–Kier alpha value is -4.25. The molecule has 3 aromatic heterocycles. The molecule has 0 saturated carbocycles. The Bertz CT molecular complexity index is 1890. The minimum atomic E-state index is -0.653. The van der Waals surface area contributed by atoms with Crippen molar-refractivity contribution in [2.75, 3.05) is 33.7 Å². The van der Waals surface area contributed by atoms with Crippen LogP contribution in [0.4, 0.5) is 14.0 Å². The number of likely N-dealkylation sites (tertiary alicyclic amines) is 2. The molecule has 0 N–H and O–H groups in total. The molecule has 2 aliphatic heterocycles. The molecule has 47 heavy (non-hydrogen) atoms. The lowest BCUT2D eigenvalue weighted by molar-refractivity contribution is 0.0285. The highest BCUT2D eigenvalue weighted by Gasteiger charge is 2.41. The van der Waals surface area contributed by atoms with Gasteiger partial charge < -0.3 is 24.0 Å². The minimum Gasteiger partial charge on any atom is -0.444 e. The second-order valence-electron chi connectivity index (χ2n) is 13.7. The smallest absolute Gasteiger partial charge is 0.410 e. The van der Waals surface area contributed by atoms with E-state index in [-0.39, 0.29) is 40.4 Å². The molecule has 3 atom stereocenters. The maximum absolute atomic E-state index is 16.3. The standard InChI is InChI=1S/C33H39BrFN9O3/c1-19-15-41(32(46)47-33(2,3)4)16-25(19)44-24(23-10-8-12-42(23)31(45)40(5)6)14-22-29(44)21-13-20(9-7-11-36)26(34)27(35)28(21)39-30(22)43-18-37-17-38-43/h13-14,17-19,23,25H,7-10,12,15-16H2,1-6H3/t19-,23-,25-/m1/s1. The summed E-state index contributed by atoms with van der Waals surface area (Å²) >= 11 is 3.43. The molecule has 248 valence electrons. The predicted molar refractivity (Wildman–Crippen MR) is 178 cm³/mol.